The topological polar surface area (TPSA) is 17.8 Å². The van der Waals surface area contributed by atoms with Crippen molar-refractivity contribution in [2.75, 3.05) is 0 Å². The van der Waals surface area contributed by atoms with E-state index in [1.807, 2.05) is 6.92 Å². The average Bonchev–Trinajstić information content (AvgIpc) is 2.58. The summed E-state index contributed by atoms with van der Waals surface area (Å²) in [5, 5.41) is 1.13. The molecule has 0 aliphatic rings. The number of aromatic nitrogens is 2. The molecular formula is C10H12N2S. The summed E-state index contributed by atoms with van der Waals surface area (Å²) >= 11 is 1.75. The quantitative estimate of drug-likeness (QED) is 0.679. The molecule has 0 aromatic carbocycles. The van der Waals surface area contributed by atoms with E-state index in [-0.39, 0.29) is 0 Å². The number of thiazole rings is 1. The second-order valence-electron chi connectivity index (χ2n) is 3.15. The lowest BCUT2D eigenvalue weighted by Gasteiger charge is -1.99. The molecule has 13 heavy (non-hydrogen) atoms. The first-order valence-electron chi connectivity index (χ1n) is 4.24. The first-order valence-corrected chi connectivity index (χ1v) is 5.06. The molecule has 2 nitrogen and oxygen atoms in total. The van der Waals surface area contributed by atoms with Gasteiger partial charge in [-0.15, -0.1) is 11.3 Å². The van der Waals surface area contributed by atoms with E-state index in [1.165, 1.54) is 10.6 Å². The number of hydrogen-bond acceptors (Lipinski definition) is 2. The van der Waals surface area contributed by atoms with Gasteiger partial charge in [-0.1, -0.05) is 0 Å². The Balaban J connectivity index is 2.58. The van der Waals surface area contributed by atoms with Crippen molar-refractivity contribution in [3.05, 3.63) is 29.0 Å². The van der Waals surface area contributed by atoms with Gasteiger partial charge < -0.3 is 4.57 Å². The summed E-state index contributed by atoms with van der Waals surface area (Å²) in [5.41, 5.74) is 2.38. The van der Waals surface area contributed by atoms with Gasteiger partial charge in [-0.05, 0) is 26.0 Å². The van der Waals surface area contributed by atoms with Crippen molar-refractivity contribution in [2.24, 2.45) is 7.05 Å². The number of nitrogens with zero attached hydrogens (tertiary/aromatic N) is 2. The maximum absolute atomic E-state index is 4.41. The summed E-state index contributed by atoms with van der Waals surface area (Å²) in [6.45, 7) is 4.11. The first kappa shape index (κ1) is 8.51. The minimum absolute atomic E-state index is 1.13. The van der Waals surface area contributed by atoms with E-state index in [1.54, 1.807) is 11.3 Å². The van der Waals surface area contributed by atoms with Gasteiger partial charge in [-0.25, -0.2) is 4.98 Å². The van der Waals surface area contributed by atoms with Crippen LogP contribution in [-0.4, -0.2) is 9.55 Å². The standard InChI is InChI=1S/C10H12N2S/c1-7-10(13-8(2)11-7)9-5-4-6-12(9)3/h4-6H,1-3H3. The molecule has 68 valence electrons. The fraction of sp³-hybridized carbons (Fsp3) is 0.300. The van der Waals surface area contributed by atoms with Gasteiger partial charge in [0.05, 0.1) is 21.3 Å². The minimum Gasteiger partial charge on any atom is -0.350 e. The van der Waals surface area contributed by atoms with Crippen LogP contribution in [-0.2, 0) is 7.05 Å². The van der Waals surface area contributed by atoms with Crippen molar-refractivity contribution < 1.29 is 0 Å². The maximum Gasteiger partial charge on any atom is 0.0904 e. The van der Waals surface area contributed by atoms with Gasteiger partial charge in [0.25, 0.3) is 0 Å². The predicted octanol–water partition coefficient (Wildman–Crippen LogP) is 2.77. The Labute approximate surface area is 81.9 Å². The number of aryl methyl sites for hydroxylation is 3. The zero-order chi connectivity index (χ0) is 9.42. The van der Waals surface area contributed by atoms with Gasteiger partial charge in [0, 0.05) is 13.2 Å². The summed E-state index contributed by atoms with van der Waals surface area (Å²) in [6.07, 6.45) is 2.06. The molecule has 0 saturated carbocycles. The molecule has 2 aromatic rings. The van der Waals surface area contributed by atoms with Gasteiger partial charge >= 0.3 is 0 Å². The lowest BCUT2D eigenvalue weighted by Crippen LogP contribution is -1.88. The average molecular weight is 192 g/mol. The highest BCUT2D eigenvalue weighted by molar-refractivity contribution is 7.15. The zero-order valence-corrected chi connectivity index (χ0v) is 8.85. The molecule has 0 fully saturated rings. The second kappa shape index (κ2) is 3.00. The summed E-state index contributed by atoms with van der Waals surface area (Å²) in [5.74, 6) is 0. The molecule has 0 saturated heterocycles. The van der Waals surface area contributed by atoms with Crippen LogP contribution in [0.1, 0.15) is 10.7 Å². The molecule has 0 spiro atoms. The van der Waals surface area contributed by atoms with E-state index in [2.05, 4.69) is 41.9 Å². The van der Waals surface area contributed by atoms with Crippen molar-refractivity contribution in [3.63, 3.8) is 0 Å². The van der Waals surface area contributed by atoms with Gasteiger partial charge in [0.15, 0.2) is 0 Å². The highest BCUT2D eigenvalue weighted by atomic mass is 32.1. The van der Waals surface area contributed by atoms with Crippen LogP contribution >= 0.6 is 11.3 Å². The summed E-state index contributed by atoms with van der Waals surface area (Å²) in [7, 11) is 2.06. The highest BCUT2D eigenvalue weighted by Crippen LogP contribution is 2.29. The molecule has 0 aliphatic heterocycles. The van der Waals surface area contributed by atoms with Gasteiger partial charge in [-0.2, -0.15) is 0 Å². The van der Waals surface area contributed by atoms with Crippen LogP contribution in [0.4, 0.5) is 0 Å². The third-order valence-electron chi connectivity index (χ3n) is 2.08. The maximum atomic E-state index is 4.41. The molecule has 0 atom stereocenters. The highest BCUT2D eigenvalue weighted by Gasteiger charge is 2.08. The summed E-state index contributed by atoms with van der Waals surface area (Å²) in [4.78, 5) is 5.70. The lowest BCUT2D eigenvalue weighted by atomic mass is 10.3. The van der Waals surface area contributed by atoms with E-state index >= 15 is 0 Å². The molecule has 0 bridgehead atoms. The monoisotopic (exact) mass is 192 g/mol. The zero-order valence-electron chi connectivity index (χ0n) is 8.03. The van der Waals surface area contributed by atoms with Crippen LogP contribution in [0.5, 0.6) is 0 Å². The minimum atomic E-state index is 1.13. The number of hydrogen-bond donors (Lipinski definition) is 0. The van der Waals surface area contributed by atoms with Crippen molar-refractivity contribution in [3.8, 4) is 10.6 Å². The van der Waals surface area contributed by atoms with E-state index in [4.69, 9.17) is 0 Å². The van der Waals surface area contributed by atoms with Crippen LogP contribution in [0.2, 0.25) is 0 Å². The Hall–Kier alpha value is -1.09. The molecular weight excluding hydrogens is 180 g/mol. The Kier molecular flexibility index (Phi) is 1.96. The largest absolute Gasteiger partial charge is 0.350 e. The van der Waals surface area contributed by atoms with Crippen LogP contribution < -0.4 is 0 Å². The van der Waals surface area contributed by atoms with Crippen LogP contribution in [0.15, 0.2) is 18.3 Å². The van der Waals surface area contributed by atoms with Crippen LogP contribution in [0, 0.1) is 13.8 Å². The molecule has 0 N–H and O–H groups in total. The molecule has 0 amide bonds. The summed E-state index contributed by atoms with van der Waals surface area (Å²) < 4.78 is 2.12. The predicted molar refractivity (Wildman–Crippen MR) is 56.0 cm³/mol. The number of rotatable bonds is 1. The van der Waals surface area contributed by atoms with Gasteiger partial charge in [-0.3, -0.25) is 0 Å². The fourth-order valence-electron chi connectivity index (χ4n) is 1.47. The van der Waals surface area contributed by atoms with E-state index in [0.717, 1.165) is 10.7 Å². The second-order valence-corrected chi connectivity index (χ2v) is 4.35. The Morgan fingerprint density at radius 3 is 2.62 bits per heavy atom. The normalized spacial score (nSPS) is 10.7. The molecule has 0 aliphatic carbocycles. The van der Waals surface area contributed by atoms with Crippen molar-refractivity contribution in [1.82, 2.24) is 9.55 Å². The molecule has 2 heterocycles. The SMILES string of the molecule is Cc1nc(C)c(-c2cccn2C)s1. The van der Waals surface area contributed by atoms with E-state index < -0.39 is 0 Å². The fourth-order valence-corrected chi connectivity index (χ4v) is 2.45. The van der Waals surface area contributed by atoms with Crippen LogP contribution in [0.25, 0.3) is 10.6 Å². The molecule has 2 aromatic heterocycles. The van der Waals surface area contributed by atoms with E-state index in [9.17, 15) is 0 Å². The summed E-state index contributed by atoms with van der Waals surface area (Å²) in [6, 6.07) is 4.18. The Bertz CT molecular complexity index is 426. The molecule has 0 unspecified atom stereocenters. The lowest BCUT2D eigenvalue weighted by molar-refractivity contribution is 0.937. The first-order chi connectivity index (χ1) is 6.18. The van der Waals surface area contributed by atoms with Gasteiger partial charge in [0.1, 0.15) is 0 Å². The Morgan fingerprint density at radius 1 is 1.38 bits per heavy atom. The van der Waals surface area contributed by atoms with Crippen molar-refractivity contribution >= 4 is 11.3 Å². The molecule has 0 radical (unpaired) electrons. The Morgan fingerprint density at radius 2 is 2.15 bits per heavy atom. The van der Waals surface area contributed by atoms with Gasteiger partial charge in [0.2, 0.25) is 0 Å². The van der Waals surface area contributed by atoms with Crippen molar-refractivity contribution in [2.45, 2.75) is 13.8 Å². The smallest absolute Gasteiger partial charge is 0.0904 e. The van der Waals surface area contributed by atoms with Crippen LogP contribution in [0.3, 0.4) is 0 Å². The van der Waals surface area contributed by atoms with E-state index in [0.29, 0.717) is 0 Å². The van der Waals surface area contributed by atoms with Crippen molar-refractivity contribution in [1.29, 1.82) is 0 Å². The third-order valence-corrected chi connectivity index (χ3v) is 3.18. The third kappa shape index (κ3) is 1.40. The molecule has 2 rings (SSSR count). The molecule has 3 heteroatoms.